The molecule has 0 saturated carbocycles. The maximum Gasteiger partial charge on any atom is 0.350 e. The fraction of sp³-hybridized carbons (Fsp3) is 0.405. The maximum atomic E-state index is 15.0. The summed E-state index contributed by atoms with van der Waals surface area (Å²) in [6.07, 6.45) is 4.88. The highest BCUT2D eigenvalue weighted by atomic mass is 19.1. The Labute approximate surface area is 294 Å². The number of rotatable bonds is 12. The van der Waals surface area contributed by atoms with Gasteiger partial charge in [-0.05, 0) is 74.4 Å². The van der Waals surface area contributed by atoms with Gasteiger partial charge in [-0.1, -0.05) is 13.0 Å². The molecule has 268 valence electrons. The van der Waals surface area contributed by atoms with Gasteiger partial charge in [-0.25, -0.2) is 32.5 Å². The van der Waals surface area contributed by atoms with Crippen LogP contribution in [0.2, 0.25) is 0 Å². The molecule has 4 heterocycles. The number of ether oxygens (including phenoxy) is 2. The van der Waals surface area contributed by atoms with Crippen molar-refractivity contribution in [1.82, 2.24) is 29.1 Å². The summed E-state index contributed by atoms with van der Waals surface area (Å²) in [6, 6.07) is 19.2. The first-order chi connectivity index (χ1) is 24.7. The van der Waals surface area contributed by atoms with Crippen LogP contribution >= 0.6 is 0 Å². The fourth-order valence-electron chi connectivity index (χ4n) is 7.24. The molecule has 0 spiro atoms. The van der Waals surface area contributed by atoms with E-state index in [1.54, 1.807) is 17.9 Å². The Kier molecular flexibility index (Phi) is 9.87. The number of halogens is 2. The standard InChI is InChI=1S/C37H42F2N8O4/c1-3-35(26(2)48)47-36(49)46(25-42-47)31-7-5-29(6-8-31)43-14-16-44(17-15-43)30-9-11-32(12-10-30)50-20-27-19-37(51-21-27,22-45-24-40-23-41-45)33-13-4-28(38)18-34(33)39/h4-13,18,23-27,35,48H,3,14-17,19-22H2,1-2H3/t26-,27+,35+,37+/m1/s1. The molecule has 0 amide bonds. The van der Waals surface area contributed by atoms with Crippen LogP contribution in [0.25, 0.3) is 5.69 Å². The average Bonchev–Trinajstić information content (AvgIpc) is 3.90. The molecule has 5 aromatic rings. The number of hydrogen-bond acceptors (Lipinski definition) is 9. The molecule has 2 aliphatic heterocycles. The highest BCUT2D eigenvalue weighted by Gasteiger charge is 2.44. The lowest BCUT2D eigenvalue weighted by atomic mass is 9.87. The fourth-order valence-corrected chi connectivity index (χ4v) is 7.24. The summed E-state index contributed by atoms with van der Waals surface area (Å²) in [5.41, 5.74) is 1.93. The lowest BCUT2D eigenvalue weighted by Gasteiger charge is -2.37. The zero-order valence-electron chi connectivity index (χ0n) is 28.7. The Morgan fingerprint density at radius 1 is 0.941 bits per heavy atom. The number of aliphatic hydroxyl groups excluding tert-OH is 1. The van der Waals surface area contributed by atoms with Crippen LogP contribution in [-0.2, 0) is 16.9 Å². The number of benzene rings is 3. The van der Waals surface area contributed by atoms with Crippen molar-refractivity contribution in [2.75, 3.05) is 49.2 Å². The van der Waals surface area contributed by atoms with Crippen LogP contribution in [0.3, 0.4) is 0 Å². The number of nitrogens with zero attached hydrogens (tertiary/aromatic N) is 8. The summed E-state index contributed by atoms with van der Waals surface area (Å²) in [5, 5.41) is 18.5. The van der Waals surface area contributed by atoms with Crippen LogP contribution in [-0.4, -0.2) is 79.7 Å². The number of piperazine rings is 1. The van der Waals surface area contributed by atoms with Gasteiger partial charge in [-0.2, -0.15) is 10.2 Å². The Bertz CT molecular complexity index is 1960. The second-order valence-corrected chi connectivity index (χ2v) is 13.3. The van der Waals surface area contributed by atoms with Gasteiger partial charge < -0.3 is 24.4 Å². The summed E-state index contributed by atoms with van der Waals surface area (Å²) in [5.74, 6) is -0.563. The van der Waals surface area contributed by atoms with Crippen molar-refractivity contribution in [3.8, 4) is 11.4 Å². The van der Waals surface area contributed by atoms with Gasteiger partial charge in [0.05, 0.1) is 37.6 Å². The molecule has 2 aromatic heterocycles. The van der Waals surface area contributed by atoms with Gasteiger partial charge in [-0.3, -0.25) is 0 Å². The molecule has 7 rings (SSSR count). The first-order valence-corrected chi connectivity index (χ1v) is 17.3. The minimum Gasteiger partial charge on any atom is -0.493 e. The van der Waals surface area contributed by atoms with Crippen molar-refractivity contribution in [2.24, 2.45) is 5.92 Å². The quantitative estimate of drug-likeness (QED) is 0.200. The SMILES string of the molecule is CC[C@@H]([C@@H](C)O)n1ncn(-c2ccc(N3CCN(c4ccc(OC[C@H]5CO[C@@](Cn6cncn6)(c6ccc(F)cc6F)C5)cc4)CC3)cc2)c1=O. The molecule has 4 atom stereocenters. The van der Waals surface area contributed by atoms with E-state index in [0.717, 1.165) is 55.1 Å². The lowest BCUT2D eigenvalue weighted by Crippen LogP contribution is -2.46. The number of anilines is 2. The summed E-state index contributed by atoms with van der Waals surface area (Å²) >= 11 is 0. The summed E-state index contributed by atoms with van der Waals surface area (Å²) in [7, 11) is 0. The molecule has 0 radical (unpaired) electrons. The maximum absolute atomic E-state index is 15.0. The molecule has 14 heteroatoms. The van der Waals surface area contributed by atoms with E-state index in [-0.39, 0.29) is 24.2 Å². The molecule has 0 aliphatic carbocycles. The third-order valence-electron chi connectivity index (χ3n) is 9.96. The second kappa shape index (κ2) is 14.6. The first-order valence-electron chi connectivity index (χ1n) is 17.3. The molecular weight excluding hydrogens is 658 g/mol. The highest BCUT2D eigenvalue weighted by Crippen LogP contribution is 2.42. The Balaban J connectivity index is 0.923. The van der Waals surface area contributed by atoms with E-state index in [1.807, 2.05) is 43.3 Å². The van der Waals surface area contributed by atoms with Gasteiger partial charge in [0.1, 0.15) is 42.0 Å². The molecule has 2 fully saturated rings. The van der Waals surface area contributed by atoms with Gasteiger partial charge in [0.2, 0.25) is 0 Å². The van der Waals surface area contributed by atoms with Gasteiger partial charge >= 0.3 is 5.69 Å². The van der Waals surface area contributed by atoms with Crippen LogP contribution in [0, 0.1) is 17.6 Å². The number of hydrogen-bond donors (Lipinski definition) is 1. The molecule has 51 heavy (non-hydrogen) atoms. The molecule has 0 bridgehead atoms. The molecule has 2 aliphatic rings. The summed E-state index contributed by atoms with van der Waals surface area (Å²) in [6.45, 7) is 7.97. The van der Waals surface area contributed by atoms with E-state index in [4.69, 9.17) is 9.47 Å². The van der Waals surface area contributed by atoms with E-state index < -0.39 is 23.3 Å². The van der Waals surface area contributed by atoms with Crippen molar-refractivity contribution >= 4 is 11.4 Å². The lowest BCUT2D eigenvalue weighted by molar-refractivity contribution is -0.0206. The van der Waals surface area contributed by atoms with Crippen LogP contribution in [0.4, 0.5) is 20.2 Å². The smallest absolute Gasteiger partial charge is 0.350 e. The van der Waals surface area contributed by atoms with E-state index in [0.29, 0.717) is 31.6 Å². The van der Waals surface area contributed by atoms with Crippen molar-refractivity contribution < 1.29 is 23.4 Å². The predicted octanol–water partition coefficient (Wildman–Crippen LogP) is 4.57. The van der Waals surface area contributed by atoms with Crippen molar-refractivity contribution in [2.45, 2.75) is 51.0 Å². The summed E-state index contributed by atoms with van der Waals surface area (Å²) < 4.78 is 45.6. The first kappa shape index (κ1) is 34.4. The van der Waals surface area contributed by atoms with Gasteiger partial charge in [0.25, 0.3) is 0 Å². The number of aliphatic hydroxyl groups is 1. The average molecular weight is 701 g/mol. The molecule has 2 saturated heterocycles. The highest BCUT2D eigenvalue weighted by molar-refractivity contribution is 5.54. The topological polar surface area (TPSA) is 116 Å². The van der Waals surface area contributed by atoms with Crippen molar-refractivity contribution in [3.05, 3.63) is 113 Å². The van der Waals surface area contributed by atoms with Crippen LogP contribution in [0.1, 0.15) is 38.3 Å². The zero-order valence-corrected chi connectivity index (χ0v) is 28.7. The molecule has 1 N–H and O–H groups in total. The number of aromatic nitrogens is 6. The largest absolute Gasteiger partial charge is 0.493 e. The van der Waals surface area contributed by atoms with Gasteiger partial charge in [0, 0.05) is 55.1 Å². The minimum atomic E-state index is -1.02. The van der Waals surface area contributed by atoms with E-state index in [9.17, 15) is 18.7 Å². The Morgan fingerprint density at radius 3 is 2.22 bits per heavy atom. The Hall–Kier alpha value is -5.08. The zero-order chi connectivity index (χ0) is 35.5. The molecule has 3 aromatic carbocycles. The molecule has 12 nitrogen and oxygen atoms in total. The predicted molar refractivity (Wildman–Crippen MR) is 187 cm³/mol. The van der Waals surface area contributed by atoms with Crippen LogP contribution < -0.4 is 20.2 Å². The third kappa shape index (κ3) is 7.24. The second-order valence-electron chi connectivity index (χ2n) is 13.3. The van der Waals surface area contributed by atoms with E-state index in [1.165, 1.54) is 34.0 Å². The minimum absolute atomic E-state index is 0.0121. The van der Waals surface area contributed by atoms with Gasteiger partial charge in [-0.15, -0.1) is 0 Å². The van der Waals surface area contributed by atoms with Crippen LogP contribution in [0.5, 0.6) is 5.75 Å². The van der Waals surface area contributed by atoms with Crippen LogP contribution in [0.15, 0.2) is 90.5 Å². The Morgan fingerprint density at radius 2 is 1.61 bits per heavy atom. The normalized spacial score (nSPS) is 20.5. The van der Waals surface area contributed by atoms with E-state index >= 15 is 0 Å². The third-order valence-corrected chi connectivity index (χ3v) is 9.96. The van der Waals surface area contributed by atoms with E-state index in [2.05, 4.69) is 37.1 Å². The summed E-state index contributed by atoms with van der Waals surface area (Å²) in [4.78, 5) is 21.7. The van der Waals surface area contributed by atoms with Crippen molar-refractivity contribution in [3.63, 3.8) is 0 Å². The molecule has 0 unspecified atom stereocenters. The van der Waals surface area contributed by atoms with Gasteiger partial charge in [0.15, 0.2) is 0 Å². The molecular formula is C37H42F2N8O4. The van der Waals surface area contributed by atoms with Crippen molar-refractivity contribution in [1.29, 1.82) is 0 Å². The monoisotopic (exact) mass is 700 g/mol.